The number of fused-ring (bicyclic) bond motifs is 1. The molecule has 120 valence electrons. The van der Waals surface area contributed by atoms with Crippen LogP contribution in [0.4, 0.5) is 0 Å². The number of rotatable bonds is 5. The molecule has 0 saturated heterocycles. The minimum absolute atomic E-state index is 0.389. The largest absolute Gasteiger partial charge is 0.490 e. The van der Waals surface area contributed by atoms with E-state index in [2.05, 4.69) is 12.1 Å². The van der Waals surface area contributed by atoms with Crippen LogP contribution in [-0.4, -0.2) is 13.2 Å². The van der Waals surface area contributed by atoms with E-state index in [9.17, 15) is 5.26 Å². The summed E-state index contributed by atoms with van der Waals surface area (Å²) in [6.45, 7) is 4.91. The Bertz CT molecular complexity index is 889. The molecule has 0 amide bonds. The first-order valence-corrected chi connectivity index (χ1v) is 7.93. The average molecular weight is 317 g/mol. The van der Waals surface area contributed by atoms with E-state index < -0.39 is 0 Å². The van der Waals surface area contributed by atoms with Crippen molar-refractivity contribution in [1.82, 2.24) is 0 Å². The van der Waals surface area contributed by atoms with Gasteiger partial charge in [0.15, 0.2) is 0 Å². The molecule has 0 atom stereocenters. The number of hydrogen-bond donors (Lipinski definition) is 0. The van der Waals surface area contributed by atoms with Gasteiger partial charge in [-0.05, 0) is 48.6 Å². The molecule has 0 N–H and O–H groups in total. The van der Waals surface area contributed by atoms with Crippen molar-refractivity contribution < 1.29 is 9.47 Å². The molecule has 3 rings (SSSR count). The van der Waals surface area contributed by atoms with Crippen molar-refractivity contribution in [3.8, 4) is 17.6 Å². The molecule has 24 heavy (non-hydrogen) atoms. The first-order valence-electron chi connectivity index (χ1n) is 7.93. The number of benzene rings is 3. The monoisotopic (exact) mass is 317 g/mol. The smallest absolute Gasteiger partial charge is 0.137 e. The summed E-state index contributed by atoms with van der Waals surface area (Å²) in [4.78, 5) is 0. The molecule has 0 aliphatic rings. The van der Waals surface area contributed by atoms with Crippen LogP contribution in [0.1, 0.15) is 16.7 Å². The Balaban J connectivity index is 1.67. The molecule has 0 aliphatic carbocycles. The van der Waals surface area contributed by atoms with Crippen LogP contribution in [0.25, 0.3) is 10.8 Å². The van der Waals surface area contributed by atoms with Crippen molar-refractivity contribution >= 4 is 10.8 Å². The molecular formula is C21H19NO2. The summed E-state index contributed by atoms with van der Waals surface area (Å²) in [5.74, 6) is 1.44. The highest BCUT2D eigenvalue weighted by Crippen LogP contribution is 2.27. The van der Waals surface area contributed by atoms with E-state index in [1.807, 2.05) is 62.4 Å². The number of hydrogen-bond acceptors (Lipinski definition) is 3. The number of ether oxygens (including phenoxy) is 2. The van der Waals surface area contributed by atoms with Crippen molar-refractivity contribution in [2.24, 2.45) is 0 Å². The number of nitriles is 1. The highest BCUT2D eigenvalue weighted by atomic mass is 16.5. The van der Waals surface area contributed by atoms with Crippen molar-refractivity contribution in [3.63, 3.8) is 0 Å². The third-order valence-electron chi connectivity index (χ3n) is 3.81. The fraction of sp³-hybridized carbons (Fsp3) is 0.190. The van der Waals surface area contributed by atoms with E-state index >= 15 is 0 Å². The van der Waals surface area contributed by atoms with Crippen LogP contribution < -0.4 is 9.47 Å². The maximum atomic E-state index is 9.45. The molecule has 0 heterocycles. The van der Waals surface area contributed by atoms with E-state index in [0.29, 0.717) is 24.5 Å². The Morgan fingerprint density at radius 2 is 1.58 bits per heavy atom. The molecule has 3 nitrogen and oxygen atoms in total. The lowest BCUT2D eigenvalue weighted by molar-refractivity contribution is 0.217. The first-order chi connectivity index (χ1) is 11.7. The Labute approximate surface area is 142 Å². The zero-order valence-electron chi connectivity index (χ0n) is 13.9. The summed E-state index contributed by atoms with van der Waals surface area (Å²) < 4.78 is 11.5. The van der Waals surface area contributed by atoms with Crippen LogP contribution in [-0.2, 0) is 0 Å². The van der Waals surface area contributed by atoms with Crippen molar-refractivity contribution in [1.29, 1.82) is 5.26 Å². The second-order valence-corrected chi connectivity index (χ2v) is 5.79. The average Bonchev–Trinajstić information content (AvgIpc) is 2.57. The van der Waals surface area contributed by atoms with Gasteiger partial charge in [0, 0.05) is 5.39 Å². The maximum absolute atomic E-state index is 9.45. The lowest BCUT2D eigenvalue weighted by atomic mass is 10.0. The fourth-order valence-electron chi connectivity index (χ4n) is 2.81. The van der Waals surface area contributed by atoms with Crippen LogP contribution in [0.3, 0.4) is 0 Å². The van der Waals surface area contributed by atoms with Gasteiger partial charge in [0.25, 0.3) is 0 Å². The van der Waals surface area contributed by atoms with Gasteiger partial charge in [-0.2, -0.15) is 5.26 Å². The standard InChI is InChI=1S/C21H19NO2/c1-15-11-16(2)13-18(12-15)23-9-10-24-21-8-7-17-5-3-4-6-19(17)20(21)14-22/h3-8,11-13H,9-10H2,1-2H3. The molecule has 0 radical (unpaired) electrons. The predicted octanol–water partition coefficient (Wildman–Crippen LogP) is 4.79. The quantitative estimate of drug-likeness (QED) is 0.636. The van der Waals surface area contributed by atoms with Crippen molar-refractivity contribution in [2.75, 3.05) is 13.2 Å². The Morgan fingerprint density at radius 3 is 2.33 bits per heavy atom. The first kappa shape index (κ1) is 15.9. The molecule has 0 saturated carbocycles. The van der Waals surface area contributed by atoms with Gasteiger partial charge in [-0.3, -0.25) is 0 Å². The van der Waals surface area contributed by atoms with Gasteiger partial charge in [0.05, 0.1) is 0 Å². The van der Waals surface area contributed by atoms with Gasteiger partial charge in [0.2, 0.25) is 0 Å². The summed E-state index contributed by atoms with van der Waals surface area (Å²) >= 11 is 0. The van der Waals surface area contributed by atoms with Crippen molar-refractivity contribution in [2.45, 2.75) is 13.8 Å². The minimum atomic E-state index is 0.389. The molecule has 3 heteroatoms. The molecule has 0 fully saturated rings. The van der Waals surface area contributed by atoms with Gasteiger partial charge in [-0.25, -0.2) is 0 Å². The summed E-state index contributed by atoms with van der Waals surface area (Å²) in [5, 5.41) is 11.4. The highest BCUT2D eigenvalue weighted by molar-refractivity contribution is 5.90. The maximum Gasteiger partial charge on any atom is 0.137 e. The second kappa shape index (κ2) is 7.06. The fourth-order valence-corrected chi connectivity index (χ4v) is 2.81. The van der Waals surface area contributed by atoms with Crippen LogP contribution in [0, 0.1) is 25.2 Å². The third-order valence-corrected chi connectivity index (χ3v) is 3.81. The van der Waals surface area contributed by atoms with E-state index in [-0.39, 0.29) is 0 Å². The lowest BCUT2D eigenvalue weighted by Crippen LogP contribution is -2.10. The molecule has 0 bridgehead atoms. The van der Waals surface area contributed by atoms with Gasteiger partial charge in [-0.1, -0.05) is 36.4 Å². The molecule has 0 unspecified atom stereocenters. The third kappa shape index (κ3) is 3.49. The topological polar surface area (TPSA) is 42.2 Å². The van der Waals surface area contributed by atoms with Gasteiger partial charge >= 0.3 is 0 Å². The van der Waals surface area contributed by atoms with E-state index in [1.54, 1.807) is 0 Å². The number of nitrogens with zero attached hydrogens (tertiary/aromatic N) is 1. The highest BCUT2D eigenvalue weighted by Gasteiger charge is 2.08. The predicted molar refractivity (Wildman–Crippen MR) is 95.6 cm³/mol. The Morgan fingerprint density at radius 1 is 0.875 bits per heavy atom. The van der Waals surface area contributed by atoms with Crippen LogP contribution >= 0.6 is 0 Å². The van der Waals surface area contributed by atoms with E-state index in [1.165, 1.54) is 11.1 Å². The summed E-state index contributed by atoms with van der Waals surface area (Å²) in [7, 11) is 0. The Hall–Kier alpha value is -2.99. The molecular weight excluding hydrogens is 298 g/mol. The molecule has 3 aromatic carbocycles. The van der Waals surface area contributed by atoms with Crippen LogP contribution in [0.2, 0.25) is 0 Å². The molecule has 0 spiro atoms. The second-order valence-electron chi connectivity index (χ2n) is 5.79. The molecule has 0 aliphatic heterocycles. The normalized spacial score (nSPS) is 10.4. The zero-order valence-corrected chi connectivity index (χ0v) is 13.9. The van der Waals surface area contributed by atoms with E-state index in [4.69, 9.17) is 9.47 Å². The minimum Gasteiger partial charge on any atom is -0.490 e. The van der Waals surface area contributed by atoms with Gasteiger partial charge < -0.3 is 9.47 Å². The SMILES string of the molecule is Cc1cc(C)cc(OCCOc2ccc3ccccc3c2C#N)c1. The van der Waals surface area contributed by atoms with Crippen molar-refractivity contribution in [3.05, 3.63) is 71.3 Å². The molecule has 0 aromatic heterocycles. The van der Waals surface area contributed by atoms with Crippen LogP contribution in [0.15, 0.2) is 54.6 Å². The summed E-state index contributed by atoms with van der Waals surface area (Å²) in [6.07, 6.45) is 0. The van der Waals surface area contributed by atoms with Gasteiger partial charge in [0.1, 0.15) is 36.3 Å². The van der Waals surface area contributed by atoms with Gasteiger partial charge in [-0.15, -0.1) is 0 Å². The molecule has 3 aromatic rings. The number of aryl methyl sites for hydroxylation is 2. The zero-order chi connectivity index (χ0) is 16.9. The summed E-state index contributed by atoms with van der Waals surface area (Å²) in [6, 6.07) is 20.0. The Kier molecular flexibility index (Phi) is 4.67. The van der Waals surface area contributed by atoms with Crippen LogP contribution in [0.5, 0.6) is 11.5 Å². The summed E-state index contributed by atoms with van der Waals surface area (Å²) in [5.41, 5.74) is 2.92. The van der Waals surface area contributed by atoms with E-state index in [0.717, 1.165) is 16.5 Å². The lowest BCUT2D eigenvalue weighted by Gasteiger charge is -2.11.